The summed E-state index contributed by atoms with van der Waals surface area (Å²) in [6.45, 7) is 2.00. The summed E-state index contributed by atoms with van der Waals surface area (Å²) in [5.41, 5.74) is 3.01. The second kappa shape index (κ2) is 3.22. The van der Waals surface area contributed by atoms with Gasteiger partial charge in [-0.15, -0.1) is 0 Å². The molecule has 1 saturated carbocycles. The second-order valence-electron chi connectivity index (χ2n) is 3.48. The Morgan fingerprint density at radius 3 is 2.36 bits per heavy atom. The minimum Gasteiger partial charge on any atom is -0.414 e. The molecule has 0 atom stereocenters. The first-order valence-electron chi connectivity index (χ1n) is 4.17. The number of ether oxygens (including phenoxy) is 1. The third kappa shape index (κ3) is 2.50. The molecule has 1 amide bonds. The molecule has 0 aliphatic heterocycles. The highest BCUT2D eigenvalue weighted by Crippen LogP contribution is 2.30. The molecule has 0 aromatic heterocycles. The normalized spacial score (nSPS) is 22.7. The van der Waals surface area contributed by atoms with E-state index >= 15 is 0 Å². The number of rotatable bonds is 1. The summed E-state index contributed by atoms with van der Waals surface area (Å²) in [7, 11) is 0. The Morgan fingerprint density at radius 1 is 1.36 bits per heavy atom. The van der Waals surface area contributed by atoms with Gasteiger partial charge in [0.1, 0.15) is 5.60 Å². The molecule has 0 aromatic rings. The maximum absolute atomic E-state index is 10.6. The molecule has 3 nitrogen and oxygen atoms in total. The lowest BCUT2D eigenvalue weighted by Crippen LogP contribution is -2.60. The molecule has 0 heterocycles. The largest absolute Gasteiger partial charge is 0.511 e. The topological polar surface area (TPSA) is 53.9 Å². The molecular formula is C8H16NO2+. The number of amides is 1. The van der Waals surface area contributed by atoms with Crippen LogP contribution in [0.15, 0.2) is 0 Å². The van der Waals surface area contributed by atoms with Crippen molar-refractivity contribution in [2.24, 2.45) is 0 Å². The molecule has 1 fully saturated rings. The van der Waals surface area contributed by atoms with Gasteiger partial charge in [0.15, 0.2) is 0 Å². The van der Waals surface area contributed by atoms with E-state index in [0.29, 0.717) is 0 Å². The van der Waals surface area contributed by atoms with Crippen LogP contribution in [0.3, 0.4) is 0 Å². The van der Waals surface area contributed by atoms with Crippen molar-refractivity contribution in [1.82, 2.24) is 0 Å². The first-order chi connectivity index (χ1) is 5.12. The summed E-state index contributed by atoms with van der Waals surface area (Å²) in [6, 6.07) is 0. The Labute approximate surface area is 66.9 Å². The molecule has 0 radical (unpaired) electrons. The highest BCUT2D eigenvalue weighted by atomic mass is 16.6. The Morgan fingerprint density at radius 2 is 1.91 bits per heavy atom. The Kier molecular flexibility index (Phi) is 2.49. The molecule has 0 bridgehead atoms. The van der Waals surface area contributed by atoms with Gasteiger partial charge in [-0.2, -0.15) is 4.79 Å². The van der Waals surface area contributed by atoms with E-state index in [1.54, 1.807) is 0 Å². The van der Waals surface area contributed by atoms with Crippen LogP contribution in [0.1, 0.15) is 39.0 Å². The smallest absolute Gasteiger partial charge is 0.414 e. The van der Waals surface area contributed by atoms with E-state index in [-0.39, 0.29) is 5.60 Å². The predicted octanol–water partition coefficient (Wildman–Crippen LogP) is 1.09. The fourth-order valence-electron chi connectivity index (χ4n) is 1.68. The van der Waals surface area contributed by atoms with Crippen LogP contribution in [-0.4, -0.2) is 11.7 Å². The fourth-order valence-corrected chi connectivity index (χ4v) is 1.68. The van der Waals surface area contributed by atoms with Crippen molar-refractivity contribution in [2.75, 3.05) is 0 Å². The average molecular weight is 158 g/mol. The van der Waals surface area contributed by atoms with Gasteiger partial charge in [0, 0.05) is 0 Å². The summed E-state index contributed by atoms with van der Waals surface area (Å²) in [5, 5.41) is 0. The molecule has 64 valence electrons. The van der Waals surface area contributed by atoms with Crippen LogP contribution >= 0.6 is 0 Å². The van der Waals surface area contributed by atoms with Gasteiger partial charge in [0.05, 0.1) is 0 Å². The van der Waals surface area contributed by atoms with Gasteiger partial charge in [-0.1, -0.05) is 6.42 Å². The molecule has 3 N–H and O–H groups in total. The molecular weight excluding hydrogens is 142 g/mol. The van der Waals surface area contributed by atoms with Crippen LogP contribution in [0.4, 0.5) is 4.79 Å². The molecule has 0 aromatic carbocycles. The number of hydrogen-bond acceptors (Lipinski definition) is 2. The third-order valence-corrected chi connectivity index (χ3v) is 2.27. The van der Waals surface area contributed by atoms with Gasteiger partial charge in [0.2, 0.25) is 0 Å². The first kappa shape index (κ1) is 8.53. The van der Waals surface area contributed by atoms with E-state index in [1.807, 2.05) is 6.92 Å². The summed E-state index contributed by atoms with van der Waals surface area (Å²) in [6.07, 6.45) is 5.20. The molecule has 3 heteroatoms. The van der Waals surface area contributed by atoms with Gasteiger partial charge in [-0.25, -0.2) is 0 Å². The van der Waals surface area contributed by atoms with Crippen LogP contribution in [0.5, 0.6) is 0 Å². The molecule has 1 rings (SSSR count). The molecule has 1 aliphatic rings. The minimum absolute atomic E-state index is 0.211. The number of hydrogen-bond donors (Lipinski definition) is 1. The van der Waals surface area contributed by atoms with Crippen molar-refractivity contribution in [3.8, 4) is 0 Å². The summed E-state index contributed by atoms with van der Waals surface area (Å²) < 4.78 is 5.13. The van der Waals surface area contributed by atoms with Crippen LogP contribution < -0.4 is 5.73 Å². The fraction of sp³-hybridized carbons (Fsp3) is 0.875. The van der Waals surface area contributed by atoms with E-state index < -0.39 is 6.09 Å². The zero-order valence-corrected chi connectivity index (χ0v) is 7.06. The zero-order chi connectivity index (χ0) is 8.32. The number of quaternary nitrogens is 1. The lowest BCUT2D eigenvalue weighted by Gasteiger charge is -2.31. The Balaban J connectivity index is 2.43. The predicted molar refractivity (Wildman–Crippen MR) is 40.9 cm³/mol. The van der Waals surface area contributed by atoms with Crippen LogP contribution in [0, 0.1) is 0 Å². The van der Waals surface area contributed by atoms with E-state index in [0.717, 1.165) is 12.8 Å². The maximum Gasteiger partial charge on any atom is 0.511 e. The Bertz CT molecular complexity index is 150. The summed E-state index contributed by atoms with van der Waals surface area (Å²) in [5.74, 6) is 0. The van der Waals surface area contributed by atoms with Gasteiger partial charge in [-0.05, 0) is 32.6 Å². The summed E-state index contributed by atoms with van der Waals surface area (Å²) in [4.78, 5) is 10.6. The Hall–Kier alpha value is -0.570. The standard InChI is InChI=1S/C8H15NO2/c1-8(11-7(9)10)5-3-2-4-6-8/h2-6H2,1H3,(H2,9,10)/p+1. The molecule has 0 spiro atoms. The molecule has 0 saturated heterocycles. The number of carbonyl (C=O) groups is 1. The average Bonchev–Trinajstić information content (AvgIpc) is 1.85. The van der Waals surface area contributed by atoms with E-state index in [9.17, 15) is 4.79 Å². The van der Waals surface area contributed by atoms with Crippen molar-refractivity contribution in [1.29, 1.82) is 0 Å². The van der Waals surface area contributed by atoms with Crippen molar-refractivity contribution in [3.05, 3.63) is 0 Å². The van der Waals surface area contributed by atoms with Gasteiger partial charge >= 0.3 is 6.09 Å². The van der Waals surface area contributed by atoms with E-state index in [2.05, 4.69) is 5.73 Å². The lowest BCUT2D eigenvalue weighted by atomic mass is 9.86. The quantitative estimate of drug-likeness (QED) is 0.621. The van der Waals surface area contributed by atoms with Gasteiger partial charge in [0.25, 0.3) is 0 Å². The van der Waals surface area contributed by atoms with Crippen LogP contribution in [-0.2, 0) is 4.74 Å². The molecule has 1 aliphatic carbocycles. The third-order valence-electron chi connectivity index (χ3n) is 2.27. The minimum atomic E-state index is -0.394. The van der Waals surface area contributed by atoms with Gasteiger partial charge < -0.3 is 4.74 Å². The van der Waals surface area contributed by atoms with Gasteiger partial charge in [-0.3, -0.25) is 5.73 Å². The monoisotopic (exact) mass is 158 g/mol. The van der Waals surface area contributed by atoms with Crippen molar-refractivity contribution in [3.63, 3.8) is 0 Å². The second-order valence-corrected chi connectivity index (χ2v) is 3.48. The highest BCUT2D eigenvalue weighted by Gasteiger charge is 2.30. The van der Waals surface area contributed by atoms with Crippen molar-refractivity contribution < 1.29 is 15.3 Å². The zero-order valence-electron chi connectivity index (χ0n) is 7.06. The van der Waals surface area contributed by atoms with E-state index in [1.165, 1.54) is 19.3 Å². The summed E-state index contributed by atoms with van der Waals surface area (Å²) >= 11 is 0. The van der Waals surface area contributed by atoms with E-state index in [4.69, 9.17) is 4.74 Å². The van der Waals surface area contributed by atoms with Crippen LogP contribution in [0.25, 0.3) is 0 Å². The molecule has 11 heavy (non-hydrogen) atoms. The SMILES string of the molecule is CC1(OC([NH3+])=O)CCCCC1. The van der Waals surface area contributed by atoms with Crippen LogP contribution in [0.2, 0.25) is 0 Å². The first-order valence-corrected chi connectivity index (χ1v) is 4.17. The lowest BCUT2D eigenvalue weighted by molar-refractivity contribution is -0.296. The molecule has 0 unspecified atom stereocenters. The van der Waals surface area contributed by atoms with Crippen molar-refractivity contribution >= 4 is 6.09 Å². The van der Waals surface area contributed by atoms with Crippen molar-refractivity contribution in [2.45, 2.75) is 44.6 Å². The number of carbonyl (C=O) groups excluding carboxylic acids is 1. The maximum atomic E-state index is 10.6. The highest BCUT2D eigenvalue weighted by molar-refractivity contribution is 5.54.